The summed E-state index contributed by atoms with van der Waals surface area (Å²) in [6.45, 7) is 1.79. The molecule has 7 heteroatoms. The Hall–Kier alpha value is -0.280. The van der Waals surface area contributed by atoms with Crippen molar-refractivity contribution in [3.05, 3.63) is 0 Å². The van der Waals surface area contributed by atoms with Crippen LogP contribution in [0.5, 0.6) is 0 Å². The lowest BCUT2D eigenvalue weighted by Gasteiger charge is -2.38. The topological polar surface area (TPSA) is 120 Å². The van der Waals surface area contributed by atoms with Gasteiger partial charge in [0.05, 0.1) is 19.3 Å². The fraction of sp³-hybridized carbons (Fsp3) is 1.00. The number of hydrogen-bond acceptors (Lipinski definition) is 7. The lowest BCUT2D eigenvalue weighted by Crippen LogP contribution is -2.58. The van der Waals surface area contributed by atoms with Crippen LogP contribution in [-0.2, 0) is 9.47 Å². The summed E-state index contributed by atoms with van der Waals surface area (Å²) >= 11 is 0. The van der Waals surface area contributed by atoms with Crippen molar-refractivity contribution in [3.63, 3.8) is 0 Å². The predicted octanol–water partition coefficient (Wildman–Crippen LogP) is -2.43. The Kier molecular flexibility index (Phi) is 5.74. The molecule has 6 atom stereocenters. The maximum Gasteiger partial charge on any atom is 0.184 e. The maximum absolute atomic E-state index is 9.56. The van der Waals surface area contributed by atoms with E-state index in [-0.39, 0.29) is 13.2 Å². The van der Waals surface area contributed by atoms with Crippen molar-refractivity contribution < 1.29 is 35.0 Å². The van der Waals surface area contributed by atoms with Crippen molar-refractivity contribution in [1.29, 1.82) is 0 Å². The molecule has 1 fully saturated rings. The summed E-state index contributed by atoms with van der Waals surface area (Å²) in [6, 6.07) is 0. The van der Waals surface area contributed by atoms with Crippen molar-refractivity contribution in [2.75, 3.05) is 13.2 Å². The molecule has 0 aromatic rings. The van der Waals surface area contributed by atoms with Crippen molar-refractivity contribution in [2.45, 2.75) is 50.2 Å². The molecule has 1 saturated heterocycles. The average Bonchev–Trinajstić information content (AvgIpc) is 2.32. The number of rotatable bonds is 5. The van der Waals surface area contributed by atoms with E-state index in [1.807, 2.05) is 0 Å². The van der Waals surface area contributed by atoms with Gasteiger partial charge in [-0.15, -0.1) is 0 Å². The summed E-state index contributed by atoms with van der Waals surface area (Å²) in [5.74, 6) is 0. The van der Waals surface area contributed by atoms with Crippen molar-refractivity contribution in [1.82, 2.24) is 0 Å². The Morgan fingerprint density at radius 1 is 1.12 bits per heavy atom. The second-order valence-electron chi connectivity index (χ2n) is 4.14. The van der Waals surface area contributed by atoms with Gasteiger partial charge in [0.1, 0.15) is 24.4 Å². The van der Waals surface area contributed by atoms with Crippen LogP contribution in [0.1, 0.15) is 13.3 Å². The first-order chi connectivity index (χ1) is 7.97. The van der Waals surface area contributed by atoms with E-state index in [1.165, 1.54) is 0 Å². The summed E-state index contributed by atoms with van der Waals surface area (Å²) in [7, 11) is 0. The first kappa shape index (κ1) is 14.8. The normalized spacial score (nSPS) is 40.2. The van der Waals surface area contributed by atoms with Crippen LogP contribution >= 0.6 is 0 Å². The van der Waals surface area contributed by atoms with Gasteiger partial charge in [-0.1, -0.05) is 6.92 Å². The summed E-state index contributed by atoms with van der Waals surface area (Å²) in [6.07, 6.45) is -6.92. The highest BCUT2D eigenvalue weighted by atomic mass is 16.6. The van der Waals surface area contributed by atoms with Crippen LogP contribution in [0.2, 0.25) is 0 Å². The SMILES string of the molecule is CCC(O)COCC1OC(O)C(O)C(O)C1O. The monoisotopic (exact) mass is 252 g/mol. The van der Waals surface area contributed by atoms with E-state index in [0.717, 1.165) is 0 Å². The van der Waals surface area contributed by atoms with E-state index < -0.39 is 36.8 Å². The highest BCUT2D eigenvalue weighted by molar-refractivity contribution is 4.88. The molecule has 5 N–H and O–H groups in total. The lowest BCUT2D eigenvalue weighted by atomic mass is 9.99. The molecule has 0 radical (unpaired) electrons. The third kappa shape index (κ3) is 3.85. The van der Waals surface area contributed by atoms with Gasteiger partial charge >= 0.3 is 0 Å². The van der Waals surface area contributed by atoms with Crippen LogP contribution in [0.15, 0.2) is 0 Å². The molecule has 1 rings (SSSR count). The molecule has 0 aromatic heterocycles. The van der Waals surface area contributed by atoms with Crippen molar-refractivity contribution in [2.24, 2.45) is 0 Å². The molecule has 0 aromatic carbocycles. The predicted molar refractivity (Wildman–Crippen MR) is 56.0 cm³/mol. The van der Waals surface area contributed by atoms with Crippen LogP contribution in [-0.4, -0.2) is 75.6 Å². The van der Waals surface area contributed by atoms with Crippen molar-refractivity contribution >= 4 is 0 Å². The standard InChI is InChI=1S/C10H20O7/c1-2-5(11)3-16-4-6-7(12)8(13)9(14)10(15)17-6/h5-15H,2-4H2,1H3. The second kappa shape index (κ2) is 6.60. The third-order valence-corrected chi connectivity index (χ3v) is 2.75. The smallest absolute Gasteiger partial charge is 0.184 e. The van der Waals surface area contributed by atoms with E-state index in [0.29, 0.717) is 6.42 Å². The van der Waals surface area contributed by atoms with E-state index in [1.54, 1.807) is 6.92 Å². The quantitative estimate of drug-likeness (QED) is 0.369. The molecule has 0 amide bonds. The first-order valence-corrected chi connectivity index (χ1v) is 5.60. The molecule has 1 aliphatic heterocycles. The van der Waals surface area contributed by atoms with Gasteiger partial charge in [0, 0.05) is 0 Å². The molecule has 7 nitrogen and oxygen atoms in total. The zero-order valence-electron chi connectivity index (χ0n) is 9.64. The summed E-state index contributed by atoms with van der Waals surface area (Å²) in [5.41, 5.74) is 0. The molecule has 1 heterocycles. The van der Waals surface area contributed by atoms with Gasteiger partial charge in [-0.05, 0) is 6.42 Å². The molecule has 0 saturated carbocycles. The maximum atomic E-state index is 9.56. The first-order valence-electron chi connectivity index (χ1n) is 5.60. The summed E-state index contributed by atoms with van der Waals surface area (Å²) in [4.78, 5) is 0. The molecular formula is C10H20O7. The highest BCUT2D eigenvalue weighted by Crippen LogP contribution is 2.20. The van der Waals surface area contributed by atoms with E-state index in [2.05, 4.69) is 0 Å². The molecule has 0 spiro atoms. The molecular weight excluding hydrogens is 232 g/mol. The van der Waals surface area contributed by atoms with Gasteiger partial charge in [-0.3, -0.25) is 0 Å². The van der Waals surface area contributed by atoms with E-state index in [4.69, 9.17) is 9.47 Å². The molecule has 0 aliphatic carbocycles. The zero-order chi connectivity index (χ0) is 13.0. The minimum absolute atomic E-state index is 0.0812. The van der Waals surface area contributed by atoms with E-state index >= 15 is 0 Å². The van der Waals surface area contributed by atoms with Crippen LogP contribution in [0, 0.1) is 0 Å². The number of hydrogen-bond donors (Lipinski definition) is 5. The van der Waals surface area contributed by atoms with Crippen LogP contribution < -0.4 is 0 Å². The lowest BCUT2D eigenvalue weighted by molar-refractivity contribution is -0.289. The Labute approximate surface area is 99.2 Å². The zero-order valence-corrected chi connectivity index (χ0v) is 9.64. The van der Waals surface area contributed by atoms with Gasteiger partial charge < -0.3 is 35.0 Å². The molecule has 1 aliphatic rings. The molecule has 6 unspecified atom stereocenters. The second-order valence-corrected chi connectivity index (χ2v) is 4.14. The Morgan fingerprint density at radius 3 is 2.35 bits per heavy atom. The largest absolute Gasteiger partial charge is 0.391 e. The summed E-state index contributed by atoms with van der Waals surface area (Å²) in [5, 5.41) is 46.7. The van der Waals surface area contributed by atoms with Gasteiger partial charge in [-0.25, -0.2) is 0 Å². The van der Waals surface area contributed by atoms with Gasteiger partial charge in [0.15, 0.2) is 6.29 Å². The van der Waals surface area contributed by atoms with Crippen LogP contribution in [0.25, 0.3) is 0 Å². The fourth-order valence-corrected chi connectivity index (χ4v) is 1.51. The van der Waals surface area contributed by atoms with Gasteiger partial charge in [0.2, 0.25) is 0 Å². The fourth-order valence-electron chi connectivity index (χ4n) is 1.51. The minimum Gasteiger partial charge on any atom is -0.391 e. The number of aliphatic hydroxyl groups excluding tert-OH is 5. The van der Waals surface area contributed by atoms with Crippen LogP contribution in [0.4, 0.5) is 0 Å². The highest BCUT2D eigenvalue weighted by Gasteiger charge is 2.42. The minimum atomic E-state index is -1.56. The van der Waals surface area contributed by atoms with Gasteiger partial charge in [-0.2, -0.15) is 0 Å². The van der Waals surface area contributed by atoms with Crippen LogP contribution in [0.3, 0.4) is 0 Å². The Balaban J connectivity index is 2.37. The Bertz CT molecular complexity index is 225. The number of ether oxygens (including phenoxy) is 2. The van der Waals surface area contributed by atoms with Gasteiger partial charge in [0.25, 0.3) is 0 Å². The molecule has 102 valence electrons. The summed E-state index contributed by atoms with van der Waals surface area (Å²) < 4.78 is 9.97. The molecule has 17 heavy (non-hydrogen) atoms. The molecule has 0 bridgehead atoms. The van der Waals surface area contributed by atoms with E-state index in [9.17, 15) is 25.5 Å². The number of aliphatic hydroxyl groups is 5. The van der Waals surface area contributed by atoms with Crippen molar-refractivity contribution in [3.8, 4) is 0 Å². The average molecular weight is 252 g/mol. The Morgan fingerprint density at radius 2 is 1.76 bits per heavy atom. The third-order valence-electron chi connectivity index (χ3n) is 2.75.